The molecule has 1 aliphatic rings. The zero-order valence-electron chi connectivity index (χ0n) is 19.7. The fourth-order valence-corrected chi connectivity index (χ4v) is 4.33. The first-order valence-electron chi connectivity index (χ1n) is 11.4. The van der Waals surface area contributed by atoms with Gasteiger partial charge in [0, 0.05) is 38.9 Å². The molecular formula is C27H26ClN5O2. The zero-order valence-corrected chi connectivity index (χ0v) is 20.4. The molecule has 2 amide bonds. The number of nitrogens with zero attached hydrogens (tertiary/aromatic N) is 4. The van der Waals surface area contributed by atoms with Crippen molar-refractivity contribution in [1.82, 2.24) is 9.88 Å². The predicted molar refractivity (Wildman–Crippen MR) is 137 cm³/mol. The Morgan fingerprint density at radius 3 is 2.34 bits per heavy atom. The minimum Gasteiger partial charge on any atom is -0.363 e. The van der Waals surface area contributed by atoms with Gasteiger partial charge in [-0.2, -0.15) is 5.26 Å². The van der Waals surface area contributed by atoms with Crippen LogP contribution in [0, 0.1) is 11.3 Å². The zero-order chi connectivity index (χ0) is 24.9. The van der Waals surface area contributed by atoms with Gasteiger partial charge in [-0.1, -0.05) is 23.7 Å². The molecule has 0 atom stereocenters. The molecule has 1 saturated heterocycles. The van der Waals surface area contributed by atoms with Crippen molar-refractivity contribution in [2.75, 3.05) is 37.4 Å². The van der Waals surface area contributed by atoms with Crippen LogP contribution in [0.5, 0.6) is 0 Å². The molecule has 0 spiro atoms. The van der Waals surface area contributed by atoms with Gasteiger partial charge in [-0.3, -0.25) is 9.59 Å². The Bertz CT molecular complexity index is 1260. The summed E-state index contributed by atoms with van der Waals surface area (Å²) in [5.74, 6) is 0.666. The third-order valence-electron chi connectivity index (χ3n) is 6.22. The average molecular weight is 488 g/mol. The van der Waals surface area contributed by atoms with E-state index in [1.54, 1.807) is 30.3 Å². The molecule has 0 saturated carbocycles. The van der Waals surface area contributed by atoms with E-state index in [1.807, 2.05) is 48.2 Å². The second kappa shape index (κ2) is 10.6. The Morgan fingerprint density at radius 2 is 1.74 bits per heavy atom. The van der Waals surface area contributed by atoms with Crippen molar-refractivity contribution in [3.8, 4) is 6.07 Å². The standard InChI is InChI=1S/C27H26ClN5O2/c1-32(2)25-10-8-22(17-30-25)26(34)31-24-15-21(7-9-23(24)28)27(35)33-13-11-20(12-14-33)19-5-3-18(16-29)4-6-19/h3-10,15,17,20H,11-14H2,1-2H3,(H,31,34). The van der Waals surface area contributed by atoms with E-state index < -0.39 is 0 Å². The van der Waals surface area contributed by atoms with E-state index in [-0.39, 0.29) is 11.8 Å². The highest BCUT2D eigenvalue weighted by Crippen LogP contribution is 2.30. The first kappa shape index (κ1) is 24.2. The Hall–Kier alpha value is -3.89. The molecule has 0 radical (unpaired) electrons. The van der Waals surface area contributed by atoms with Crippen molar-refractivity contribution >= 4 is 34.9 Å². The van der Waals surface area contributed by atoms with Crippen molar-refractivity contribution < 1.29 is 9.59 Å². The number of rotatable bonds is 5. The number of piperidine rings is 1. The Morgan fingerprint density at radius 1 is 1.06 bits per heavy atom. The molecule has 0 unspecified atom stereocenters. The summed E-state index contributed by atoms with van der Waals surface area (Å²) in [6.07, 6.45) is 3.21. The molecule has 35 heavy (non-hydrogen) atoms. The molecule has 8 heteroatoms. The topological polar surface area (TPSA) is 89.3 Å². The van der Waals surface area contributed by atoms with Gasteiger partial charge in [0.1, 0.15) is 5.82 Å². The molecule has 178 valence electrons. The van der Waals surface area contributed by atoms with E-state index in [9.17, 15) is 9.59 Å². The van der Waals surface area contributed by atoms with Crippen LogP contribution in [0.15, 0.2) is 60.8 Å². The molecule has 3 aromatic rings. The normalized spacial score (nSPS) is 13.7. The quantitative estimate of drug-likeness (QED) is 0.550. The van der Waals surface area contributed by atoms with Crippen LogP contribution in [-0.2, 0) is 0 Å². The Labute approximate surface area is 209 Å². The summed E-state index contributed by atoms with van der Waals surface area (Å²) in [7, 11) is 3.75. The summed E-state index contributed by atoms with van der Waals surface area (Å²) in [6.45, 7) is 1.27. The van der Waals surface area contributed by atoms with Crippen LogP contribution in [0.25, 0.3) is 0 Å². The van der Waals surface area contributed by atoms with Crippen LogP contribution in [0.4, 0.5) is 11.5 Å². The van der Waals surface area contributed by atoms with Gasteiger partial charge in [-0.15, -0.1) is 0 Å². The lowest BCUT2D eigenvalue weighted by Crippen LogP contribution is -2.38. The number of halogens is 1. The number of carbonyl (C=O) groups excluding carboxylic acids is 2. The van der Waals surface area contributed by atoms with Gasteiger partial charge in [0.2, 0.25) is 0 Å². The number of benzene rings is 2. The molecular weight excluding hydrogens is 462 g/mol. The molecule has 7 nitrogen and oxygen atoms in total. The summed E-state index contributed by atoms with van der Waals surface area (Å²) in [5, 5.41) is 12.1. The van der Waals surface area contributed by atoms with E-state index in [4.69, 9.17) is 16.9 Å². The Balaban J connectivity index is 1.41. The number of aromatic nitrogens is 1. The first-order chi connectivity index (χ1) is 16.9. The van der Waals surface area contributed by atoms with Gasteiger partial charge in [-0.25, -0.2) is 4.98 Å². The van der Waals surface area contributed by atoms with Crippen molar-refractivity contribution in [1.29, 1.82) is 5.26 Å². The van der Waals surface area contributed by atoms with Crippen LogP contribution in [0.2, 0.25) is 5.02 Å². The van der Waals surface area contributed by atoms with Crippen LogP contribution in [-0.4, -0.2) is 48.9 Å². The lowest BCUT2D eigenvalue weighted by molar-refractivity contribution is 0.0712. The predicted octanol–water partition coefficient (Wildman–Crippen LogP) is 4.94. The maximum atomic E-state index is 13.2. The van der Waals surface area contributed by atoms with Crippen LogP contribution >= 0.6 is 11.6 Å². The SMILES string of the molecule is CN(C)c1ccc(C(=O)Nc2cc(C(=O)N3CCC(c4ccc(C#N)cc4)CC3)ccc2Cl)cn1. The third kappa shape index (κ3) is 5.61. The maximum absolute atomic E-state index is 13.2. The molecule has 2 aromatic carbocycles. The lowest BCUT2D eigenvalue weighted by Gasteiger charge is -2.32. The van der Waals surface area contributed by atoms with Gasteiger partial charge in [-0.05, 0) is 66.8 Å². The van der Waals surface area contributed by atoms with E-state index in [0.29, 0.717) is 46.4 Å². The molecule has 1 aliphatic heterocycles. The first-order valence-corrected chi connectivity index (χ1v) is 11.8. The smallest absolute Gasteiger partial charge is 0.257 e. The molecule has 0 aliphatic carbocycles. The summed E-state index contributed by atoms with van der Waals surface area (Å²) >= 11 is 6.31. The van der Waals surface area contributed by atoms with E-state index in [0.717, 1.165) is 18.7 Å². The van der Waals surface area contributed by atoms with E-state index >= 15 is 0 Å². The van der Waals surface area contributed by atoms with Crippen molar-refractivity contribution in [3.63, 3.8) is 0 Å². The fraction of sp³-hybridized carbons (Fsp3) is 0.259. The molecule has 0 bridgehead atoms. The molecule has 1 N–H and O–H groups in total. The van der Waals surface area contributed by atoms with E-state index in [1.165, 1.54) is 11.8 Å². The number of carbonyl (C=O) groups is 2. The number of likely N-dealkylation sites (tertiary alicyclic amines) is 1. The van der Waals surface area contributed by atoms with Gasteiger partial charge in [0.15, 0.2) is 0 Å². The summed E-state index contributed by atoms with van der Waals surface area (Å²) in [6, 6.07) is 18.2. The average Bonchev–Trinajstić information content (AvgIpc) is 2.89. The van der Waals surface area contributed by atoms with Crippen molar-refractivity contribution in [2.24, 2.45) is 0 Å². The second-order valence-electron chi connectivity index (χ2n) is 8.75. The molecule has 1 aromatic heterocycles. The highest BCUT2D eigenvalue weighted by molar-refractivity contribution is 6.34. The molecule has 4 rings (SSSR count). The molecule has 1 fully saturated rings. The number of amides is 2. The monoisotopic (exact) mass is 487 g/mol. The highest BCUT2D eigenvalue weighted by atomic mass is 35.5. The highest BCUT2D eigenvalue weighted by Gasteiger charge is 2.25. The molecule has 2 heterocycles. The minimum absolute atomic E-state index is 0.0903. The summed E-state index contributed by atoms with van der Waals surface area (Å²) in [5.41, 5.74) is 3.09. The minimum atomic E-state index is -0.350. The van der Waals surface area contributed by atoms with Crippen LogP contribution in [0.1, 0.15) is 50.6 Å². The largest absolute Gasteiger partial charge is 0.363 e. The van der Waals surface area contributed by atoms with Gasteiger partial charge in [0.05, 0.1) is 27.9 Å². The van der Waals surface area contributed by atoms with Crippen LogP contribution in [0.3, 0.4) is 0 Å². The lowest BCUT2D eigenvalue weighted by atomic mass is 9.89. The van der Waals surface area contributed by atoms with Crippen molar-refractivity contribution in [2.45, 2.75) is 18.8 Å². The number of pyridine rings is 1. The number of nitrogens with one attached hydrogen (secondary N) is 1. The van der Waals surface area contributed by atoms with E-state index in [2.05, 4.69) is 16.4 Å². The number of anilines is 2. The maximum Gasteiger partial charge on any atom is 0.257 e. The Kier molecular flexibility index (Phi) is 7.33. The van der Waals surface area contributed by atoms with Crippen molar-refractivity contribution in [3.05, 3.63) is 88.1 Å². The number of hydrogen-bond acceptors (Lipinski definition) is 5. The second-order valence-corrected chi connectivity index (χ2v) is 9.16. The number of hydrogen-bond donors (Lipinski definition) is 1. The number of nitriles is 1. The van der Waals surface area contributed by atoms with Gasteiger partial charge < -0.3 is 15.1 Å². The third-order valence-corrected chi connectivity index (χ3v) is 6.55. The van der Waals surface area contributed by atoms with Gasteiger partial charge >= 0.3 is 0 Å². The summed E-state index contributed by atoms with van der Waals surface area (Å²) in [4.78, 5) is 33.8. The van der Waals surface area contributed by atoms with Gasteiger partial charge in [0.25, 0.3) is 11.8 Å². The van der Waals surface area contributed by atoms with Crippen LogP contribution < -0.4 is 10.2 Å². The fourth-order valence-electron chi connectivity index (χ4n) is 4.16. The summed E-state index contributed by atoms with van der Waals surface area (Å²) < 4.78 is 0.